The second kappa shape index (κ2) is 5.54. The van der Waals surface area contributed by atoms with Crippen LogP contribution in [0, 0.1) is 0 Å². The van der Waals surface area contributed by atoms with Crippen LogP contribution in [-0.4, -0.2) is 9.49 Å². The van der Waals surface area contributed by atoms with Crippen molar-refractivity contribution in [2.75, 3.05) is 0 Å². The lowest BCUT2D eigenvalue weighted by Gasteiger charge is -2.33. The Morgan fingerprint density at radius 2 is 1.35 bits per heavy atom. The molecule has 0 bridgehead atoms. The molecule has 1 nitrogen and oxygen atoms in total. The molecule has 0 fully saturated rings. The molecular formula is C14H23OPS. The summed E-state index contributed by atoms with van der Waals surface area (Å²) >= 11 is 0. The minimum atomic E-state index is 0.190. The highest BCUT2D eigenvalue weighted by Gasteiger charge is 2.28. The summed E-state index contributed by atoms with van der Waals surface area (Å²) in [5.41, 5.74) is 0. The van der Waals surface area contributed by atoms with Crippen molar-refractivity contribution in [2.24, 2.45) is 0 Å². The van der Waals surface area contributed by atoms with Gasteiger partial charge in [-0.3, -0.25) is 0 Å². The van der Waals surface area contributed by atoms with E-state index < -0.39 is 0 Å². The first-order chi connectivity index (χ1) is 7.71. The van der Waals surface area contributed by atoms with Gasteiger partial charge in [0.1, 0.15) is 5.75 Å². The van der Waals surface area contributed by atoms with Crippen molar-refractivity contribution < 1.29 is 4.52 Å². The van der Waals surface area contributed by atoms with Crippen molar-refractivity contribution in [2.45, 2.75) is 51.0 Å². The topological polar surface area (TPSA) is 9.23 Å². The zero-order chi connectivity index (χ0) is 13.1. The zero-order valence-corrected chi connectivity index (χ0v) is 13.4. The van der Waals surface area contributed by atoms with Gasteiger partial charge in [0.05, 0.1) is 0 Å². The lowest BCUT2D eigenvalue weighted by molar-refractivity contribution is 0.642. The van der Waals surface area contributed by atoms with Gasteiger partial charge in [0.15, 0.2) is 7.58 Å². The zero-order valence-electron chi connectivity index (χ0n) is 11.7. The van der Waals surface area contributed by atoms with Crippen LogP contribution in [0.2, 0.25) is 0 Å². The van der Waals surface area contributed by atoms with Gasteiger partial charge < -0.3 is 4.52 Å². The van der Waals surface area contributed by atoms with E-state index in [1.165, 1.54) is 0 Å². The molecule has 0 radical (unpaired) electrons. The van der Waals surface area contributed by atoms with E-state index in [-0.39, 0.29) is 19.6 Å². The molecule has 1 aromatic carbocycles. The van der Waals surface area contributed by atoms with Gasteiger partial charge in [-0.2, -0.15) is 0 Å². The summed E-state index contributed by atoms with van der Waals surface area (Å²) in [6, 6.07) is 10.1. The Morgan fingerprint density at radius 3 is 1.76 bits per heavy atom. The van der Waals surface area contributed by atoms with Crippen molar-refractivity contribution in [1.29, 1.82) is 0 Å². The predicted octanol–water partition coefficient (Wildman–Crippen LogP) is 5.06. The van der Waals surface area contributed by atoms with Crippen LogP contribution in [0.15, 0.2) is 30.3 Å². The van der Waals surface area contributed by atoms with Gasteiger partial charge in [0.25, 0.3) is 0 Å². The molecule has 0 heterocycles. The smallest absolute Gasteiger partial charge is 0.157 e. The summed E-state index contributed by atoms with van der Waals surface area (Å²) in [5, 5.41) is 0. The molecule has 17 heavy (non-hydrogen) atoms. The summed E-state index contributed by atoms with van der Waals surface area (Å²) < 4.78 is 6.45. The van der Waals surface area contributed by atoms with Crippen molar-refractivity contribution >= 4 is 17.7 Å². The number of benzene rings is 1. The third-order valence-electron chi connectivity index (χ3n) is 2.12. The second-order valence-electron chi connectivity index (χ2n) is 5.99. The van der Waals surface area contributed by atoms with Crippen LogP contribution in [0.5, 0.6) is 5.75 Å². The van der Waals surface area contributed by atoms with Crippen LogP contribution in [0.4, 0.5) is 0 Å². The van der Waals surface area contributed by atoms with Gasteiger partial charge in [-0.15, -0.1) is 10.1 Å². The van der Waals surface area contributed by atoms with Gasteiger partial charge in [-0.05, 0) is 12.1 Å². The summed E-state index contributed by atoms with van der Waals surface area (Å²) in [7, 11) is 1.26. The Balaban J connectivity index is 2.93. The number of rotatable bonds is 2. The quantitative estimate of drug-likeness (QED) is 0.683. The molecule has 1 rings (SSSR count). The molecular weight excluding hydrogens is 247 g/mol. The molecule has 0 saturated heterocycles. The largest absolute Gasteiger partial charge is 0.433 e. The minimum Gasteiger partial charge on any atom is -0.433 e. The fraction of sp³-hybridized carbons (Fsp3) is 0.571. The first-order valence-corrected chi connectivity index (χ1v) is 8.53. The van der Waals surface area contributed by atoms with Crippen molar-refractivity contribution in [3.05, 3.63) is 30.3 Å². The van der Waals surface area contributed by atoms with E-state index in [1.54, 1.807) is 0 Å². The third-order valence-corrected chi connectivity index (χ3v) is 8.83. The summed E-state index contributed by atoms with van der Waals surface area (Å²) in [6.07, 6.45) is 0. The summed E-state index contributed by atoms with van der Waals surface area (Å²) in [4.78, 5) is 0. The minimum absolute atomic E-state index is 0.190. The number of para-hydroxylation sites is 1. The average molecular weight is 270 g/mol. The summed E-state index contributed by atoms with van der Waals surface area (Å²) in [5.74, 6) is 0.958. The van der Waals surface area contributed by atoms with Gasteiger partial charge in [-0.25, -0.2) is 0 Å². The predicted molar refractivity (Wildman–Crippen MR) is 80.9 cm³/mol. The van der Waals surface area contributed by atoms with E-state index in [2.05, 4.69) is 41.5 Å². The average Bonchev–Trinajstić information content (AvgIpc) is 2.15. The molecule has 0 saturated carbocycles. The highest BCUT2D eigenvalue weighted by atomic mass is 32.5. The van der Waals surface area contributed by atoms with Crippen LogP contribution >= 0.6 is 7.58 Å². The van der Waals surface area contributed by atoms with Gasteiger partial charge in [0.2, 0.25) is 0 Å². The molecule has 0 aliphatic heterocycles. The Labute approximate surface area is 109 Å². The maximum Gasteiger partial charge on any atom is 0.157 e. The molecule has 0 spiro atoms. The molecule has 0 aliphatic carbocycles. The first kappa shape index (κ1) is 14.7. The van der Waals surface area contributed by atoms with Crippen LogP contribution < -0.4 is 4.52 Å². The van der Waals surface area contributed by atoms with E-state index >= 15 is 0 Å². The van der Waals surface area contributed by atoms with E-state index in [9.17, 15) is 0 Å². The first-order valence-electron chi connectivity index (χ1n) is 5.89. The molecule has 0 unspecified atom stereocenters. The van der Waals surface area contributed by atoms with Crippen molar-refractivity contribution in [1.82, 2.24) is 0 Å². The molecule has 96 valence electrons. The number of hydrogen-bond acceptors (Lipinski definition) is 1. The maximum absolute atomic E-state index is 5.91. The Bertz CT molecular complexity index is 369. The Hall–Kier alpha value is -0.330. The van der Waals surface area contributed by atoms with E-state index in [4.69, 9.17) is 4.52 Å². The molecule has 0 aliphatic rings. The molecule has 0 N–H and O–H groups in total. The molecule has 0 atom stereocenters. The fourth-order valence-electron chi connectivity index (χ4n) is 1.70. The lowest BCUT2D eigenvalue weighted by atomic mass is 10.2. The molecule has 3 heteroatoms. The fourth-order valence-corrected chi connectivity index (χ4v) is 6.09. The SMILES string of the molecule is CC(C)(C)S(=POc1ccccc1)C(C)(C)C. The molecule has 0 aromatic heterocycles. The maximum atomic E-state index is 5.91. The highest BCUT2D eigenvalue weighted by molar-refractivity contribution is 8.21. The van der Waals surface area contributed by atoms with Crippen molar-refractivity contribution in [3.8, 4) is 5.75 Å². The lowest BCUT2D eigenvalue weighted by Crippen LogP contribution is -2.34. The Morgan fingerprint density at radius 1 is 0.882 bits per heavy atom. The third kappa shape index (κ3) is 4.81. The standard InChI is InChI=1S/C14H23OPS/c1-13(2,3)17(14(4,5)6)16-15-12-10-8-7-9-11-12/h7-11H,1-6H3. The van der Waals surface area contributed by atoms with E-state index in [0.717, 1.165) is 13.3 Å². The Kier molecular flexibility index (Phi) is 4.80. The second-order valence-corrected chi connectivity index (χ2v) is 10.9. The van der Waals surface area contributed by atoms with Crippen LogP contribution in [0.3, 0.4) is 0 Å². The molecule has 0 amide bonds. The van der Waals surface area contributed by atoms with E-state index in [0.29, 0.717) is 0 Å². The molecule has 1 aromatic rings. The monoisotopic (exact) mass is 270 g/mol. The summed E-state index contributed by atoms with van der Waals surface area (Å²) in [6.45, 7) is 13.8. The van der Waals surface area contributed by atoms with Crippen molar-refractivity contribution in [3.63, 3.8) is 0 Å². The van der Waals surface area contributed by atoms with Crippen LogP contribution in [0.1, 0.15) is 41.5 Å². The van der Waals surface area contributed by atoms with E-state index in [1.807, 2.05) is 30.3 Å². The van der Waals surface area contributed by atoms with Gasteiger partial charge >= 0.3 is 0 Å². The van der Waals surface area contributed by atoms with Crippen LogP contribution in [-0.2, 0) is 10.1 Å². The van der Waals surface area contributed by atoms with Gasteiger partial charge in [0, 0.05) is 9.49 Å². The van der Waals surface area contributed by atoms with Crippen LogP contribution in [0.25, 0.3) is 0 Å². The highest BCUT2D eigenvalue weighted by Crippen LogP contribution is 2.33. The normalized spacial score (nSPS) is 13.1. The van der Waals surface area contributed by atoms with Gasteiger partial charge in [-0.1, -0.05) is 59.7 Å². The number of hydrogen-bond donors (Lipinski definition) is 0.